The van der Waals surface area contributed by atoms with E-state index in [0.717, 1.165) is 12.8 Å². The average Bonchev–Trinajstić information content (AvgIpc) is 2.76. The summed E-state index contributed by atoms with van der Waals surface area (Å²) in [6.07, 6.45) is 1.64. The van der Waals surface area contributed by atoms with Crippen LogP contribution in [-0.2, 0) is 14.8 Å². The van der Waals surface area contributed by atoms with E-state index in [0.29, 0.717) is 13.1 Å². The summed E-state index contributed by atoms with van der Waals surface area (Å²) in [4.78, 5) is 10.9. The monoisotopic (exact) mass is 331 g/mol. The first-order valence-electron chi connectivity index (χ1n) is 6.56. The molecule has 6 nitrogen and oxygen atoms in total. The molecule has 8 heteroatoms. The average molecular weight is 332 g/mol. The molecule has 2 aliphatic heterocycles. The third-order valence-electron chi connectivity index (χ3n) is 3.82. The van der Waals surface area contributed by atoms with E-state index in [1.807, 2.05) is 0 Å². The van der Waals surface area contributed by atoms with Crippen LogP contribution in [0.25, 0.3) is 0 Å². The summed E-state index contributed by atoms with van der Waals surface area (Å²) in [6, 6.07) is 3.69. The number of hydrogen-bond donors (Lipinski definition) is 1. The van der Waals surface area contributed by atoms with E-state index in [1.165, 1.54) is 22.5 Å². The minimum Gasteiger partial charge on any atom is -0.478 e. The van der Waals surface area contributed by atoms with E-state index in [4.69, 9.17) is 21.4 Å². The Bertz CT molecular complexity index is 678. The number of ether oxygens (including phenoxy) is 1. The number of morpholine rings is 1. The maximum absolute atomic E-state index is 12.6. The number of sulfonamides is 1. The van der Waals surface area contributed by atoms with Crippen molar-refractivity contribution in [2.45, 2.75) is 29.9 Å². The lowest BCUT2D eigenvalue weighted by atomic mass is 10.2. The predicted octanol–water partition coefficient (Wildman–Crippen LogP) is 1.59. The number of fused-ring (bicyclic) bond motifs is 2. The highest BCUT2D eigenvalue weighted by Gasteiger charge is 2.39. The fourth-order valence-corrected chi connectivity index (χ4v) is 4.61. The number of carboxylic acids is 1. The van der Waals surface area contributed by atoms with Gasteiger partial charge >= 0.3 is 5.97 Å². The third kappa shape index (κ3) is 2.66. The molecule has 2 bridgehead atoms. The van der Waals surface area contributed by atoms with Crippen molar-refractivity contribution in [3.8, 4) is 0 Å². The highest BCUT2D eigenvalue weighted by atomic mass is 35.5. The van der Waals surface area contributed by atoms with Crippen LogP contribution in [0.4, 0.5) is 0 Å². The summed E-state index contributed by atoms with van der Waals surface area (Å²) >= 11 is 5.85. The van der Waals surface area contributed by atoms with E-state index in [2.05, 4.69) is 0 Å². The van der Waals surface area contributed by atoms with Crippen molar-refractivity contribution in [3.63, 3.8) is 0 Å². The highest BCUT2D eigenvalue weighted by Crippen LogP contribution is 2.31. The van der Waals surface area contributed by atoms with Crippen LogP contribution < -0.4 is 0 Å². The van der Waals surface area contributed by atoms with Gasteiger partial charge in [0.15, 0.2) is 0 Å². The van der Waals surface area contributed by atoms with Crippen molar-refractivity contribution in [2.75, 3.05) is 13.1 Å². The van der Waals surface area contributed by atoms with Crippen molar-refractivity contribution in [1.29, 1.82) is 0 Å². The summed E-state index contributed by atoms with van der Waals surface area (Å²) in [5, 5.41) is 8.84. The first kappa shape index (κ1) is 14.8. The van der Waals surface area contributed by atoms with E-state index in [-0.39, 0.29) is 27.7 Å². The Kier molecular flexibility index (Phi) is 3.69. The lowest BCUT2D eigenvalue weighted by Crippen LogP contribution is -2.45. The maximum atomic E-state index is 12.6. The molecule has 2 unspecified atom stereocenters. The second-order valence-corrected chi connectivity index (χ2v) is 7.57. The minimum atomic E-state index is -3.68. The Labute approximate surface area is 127 Å². The van der Waals surface area contributed by atoms with Gasteiger partial charge in [-0.2, -0.15) is 4.31 Å². The SMILES string of the molecule is O=C(O)c1ccc(S(=O)(=O)N2CC3CCC(C2)O3)cc1Cl. The molecule has 21 heavy (non-hydrogen) atoms. The van der Waals surface area contributed by atoms with Gasteiger partial charge in [0.1, 0.15) is 0 Å². The van der Waals surface area contributed by atoms with Crippen LogP contribution in [0.2, 0.25) is 5.02 Å². The summed E-state index contributed by atoms with van der Waals surface area (Å²) in [6.45, 7) is 0.661. The van der Waals surface area contributed by atoms with Crippen LogP contribution in [0.15, 0.2) is 23.1 Å². The molecule has 3 rings (SSSR count). The molecule has 0 spiro atoms. The molecule has 1 aromatic rings. The van der Waals surface area contributed by atoms with Crippen molar-refractivity contribution in [2.24, 2.45) is 0 Å². The van der Waals surface area contributed by atoms with Gasteiger partial charge in [0.25, 0.3) is 0 Å². The molecule has 0 aliphatic carbocycles. The van der Waals surface area contributed by atoms with Crippen molar-refractivity contribution in [3.05, 3.63) is 28.8 Å². The Morgan fingerprint density at radius 3 is 2.43 bits per heavy atom. The largest absolute Gasteiger partial charge is 0.478 e. The Hall–Kier alpha value is -1.15. The van der Waals surface area contributed by atoms with Gasteiger partial charge in [-0.3, -0.25) is 0 Å². The molecule has 1 aromatic carbocycles. The molecule has 2 aliphatic rings. The van der Waals surface area contributed by atoms with Gasteiger partial charge in [-0.25, -0.2) is 13.2 Å². The van der Waals surface area contributed by atoms with E-state index >= 15 is 0 Å². The molecular formula is C13H14ClNO5S. The number of nitrogens with zero attached hydrogens (tertiary/aromatic N) is 1. The van der Waals surface area contributed by atoms with Crippen molar-refractivity contribution >= 4 is 27.6 Å². The first-order chi connectivity index (χ1) is 9.88. The van der Waals surface area contributed by atoms with Gasteiger partial charge in [0, 0.05) is 13.1 Å². The van der Waals surface area contributed by atoms with Crippen LogP contribution in [0, 0.1) is 0 Å². The molecule has 0 saturated carbocycles. The highest BCUT2D eigenvalue weighted by molar-refractivity contribution is 7.89. The van der Waals surface area contributed by atoms with Crippen LogP contribution in [0.5, 0.6) is 0 Å². The lowest BCUT2D eigenvalue weighted by molar-refractivity contribution is -0.0114. The fourth-order valence-electron chi connectivity index (χ4n) is 2.75. The maximum Gasteiger partial charge on any atom is 0.337 e. The normalized spacial score (nSPS) is 26.0. The fraction of sp³-hybridized carbons (Fsp3) is 0.462. The molecule has 2 heterocycles. The molecule has 2 saturated heterocycles. The van der Waals surface area contributed by atoms with Crippen molar-refractivity contribution < 1.29 is 23.1 Å². The summed E-state index contributed by atoms with van der Waals surface area (Å²) < 4.78 is 32.2. The van der Waals surface area contributed by atoms with E-state index in [9.17, 15) is 13.2 Å². The number of halogens is 1. The predicted molar refractivity (Wildman–Crippen MR) is 75.1 cm³/mol. The number of hydrogen-bond acceptors (Lipinski definition) is 4. The molecule has 0 amide bonds. The van der Waals surface area contributed by atoms with Gasteiger partial charge in [0.05, 0.1) is 27.7 Å². The zero-order chi connectivity index (χ0) is 15.2. The summed E-state index contributed by atoms with van der Waals surface area (Å²) in [5.41, 5.74) is -0.113. The Morgan fingerprint density at radius 2 is 1.90 bits per heavy atom. The van der Waals surface area contributed by atoms with Crippen LogP contribution >= 0.6 is 11.6 Å². The van der Waals surface area contributed by atoms with Gasteiger partial charge in [-0.15, -0.1) is 0 Å². The molecule has 2 fully saturated rings. The number of benzene rings is 1. The Balaban J connectivity index is 1.91. The zero-order valence-corrected chi connectivity index (χ0v) is 12.6. The number of rotatable bonds is 3. The molecule has 2 atom stereocenters. The number of aromatic carboxylic acids is 1. The minimum absolute atomic E-state index is 0.0128. The molecule has 114 valence electrons. The Morgan fingerprint density at radius 1 is 1.29 bits per heavy atom. The van der Waals surface area contributed by atoms with Gasteiger partial charge < -0.3 is 9.84 Å². The first-order valence-corrected chi connectivity index (χ1v) is 8.38. The van der Waals surface area contributed by atoms with Crippen LogP contribution in [0.3, 0.4) is 0 Å². The second-order valence-electron chi connectivity index (χ2n) is 5.23. The van der Waals surface area contributed by atoms with Gasteiger partial charge in [-0.1, -0.05) is 11.6 Å². The summed E-state index contributed by atoms with van der Waals surface area (Å²) in [7, 11) is -3.68. The molecule has 0 radical (unpaired) electrons. The zero-order valence-electron chi connectivity index (χ0n) is 11.0. The second kappa shape index (κ2) is 5.24. The topological polar surface area (TPSA) is 83.9 Å². The van der Waals surface area contributed by atoms with Crippen LogP contribution in [0.1, 0.15) is 23.2 Å². The van der Waals surface area contributed by atoms with E-state index in [1.54, 1.807) is 0 Å². The lowest BCUT2D eigenvalue weighted by Gasteiger charge is -2.31. The van der Waals surface area contributed by atoms with E-state index < -0.39 is 16.0 Å². The van der Waals surface area contributed by atoms with Crippen molar-refractivity contribution in [1.82, 2.24) is 4.31 Å². The number of carboxylic acid groups (broad SMARTS) is 1. The number of carbonyl (C=O) groups is 1. The quantitative estimate of drug-likeness (QED) is 0.909. The summed E-state index contributed by atoms with van der Waals surface area (Å²) in [5.74, 6) is -1.19. The van der Waals surface area contributed by atoms with Gasteiger partial charge in [0.2, 0.25) is 10.0 Å². The molecular weight excluding hydrogens is 318 g/mol. The molecule has 1 N–H and O–H groups in total. The standard InChI is InChI=1S/C13H14ClNO5S/c14-12-5-10(3-4-11(12)13(16)17)21(18,19)15-6-8-1-2-9(7-15)20-8/h3-5,8-9H,1-2,6-7H2,(H,16,17). The van der Waals surface area contributed by atoms with Crippen LogP contribution in [-0.4, -0.2) is 49.1 Å². The third-order valence-corrected chi connectivity index (χ3v) is 5.96. The van der Waals surface area contributed by atoms with Gasteiger partial charge in [-0.05, 0) is 31.0 Å². The smallest absolute Gasteiger partial charge is 0.337 e. The molecule has 0 aromatic heterocycles.